The van der Waals surface area contributed by atoms with Crippen molar-refractivity contribution >= 4 is 11.9 Å². The molecule has 0 atom stereocenters. The first kappa shape index (κ1) is 17.9. The number of unbranched alkanes of at least 4 members (excludes halogenated alkanes) is 2. The van der Waals surface area contributed by atoms with Gasteiger partial charge in [-0.05, 0) is 33.1 Å². The second-order valence-corrected chi connectivity index (χ2v) is 5.15. The van der Waals surface area contributed by atoms with E-state index in [0.29, 0.717) is 19.4 Å². The molecule has 19 heavy (non-hydrogen) atoms. The van der Waals surface area contributed by atoms with Crippen LogP contribution in [-0.2, 0) is 19.1 Å². The first-order chi connectivity index (χ1) is 8.94. The van der Waals surface area contributed by atoms with Crippen LogP contribution in [-0.4, -0.2) is 31.7 Å². The second-order valence-electron chi connectivity index (χ2n) is 5.15. The highest BCUT2D eigenvalue weighted by Crippen LogP contribution is 2.21. The van der Waals surface area contributed by atoms with Crippen molar-refractivity contribution < 1.29 is 19.1 Å². The quantitative estimate of drug-likeness (QED) is 0.452. The van der Waals surface area contributed by atoms with E-state index in [9.17, 15) is 9.59 Å². The minimum atomic E-state index is -0.486. The largest absolute Gasteiger partial charge is 0.462 e. The molecule has 111 valence electrons. The van der Waals surface area contributed by atoms with Gasteiger partial charge < -0.3 is 9.47 Å². The third-order valence-corrected chi connectivity index (χ3v) is 3.07. The zero-order valence-corrected chi connectivity index (χ0v) is 12.3. The molecule has 0 amide bonds. The summed E-state index contributed by atoms with van der Waals surface area (Å²) in [5.74, 6) is -0.530. The highest BCUT2D eigenvalue weighted by molar-refractivity contribution is 5.75. The number of carbonyl (C=O) groups excluding carboxylic acids is 2. The number of hydrogen-bond donors (Lipinski definition) is 0. The third kappa shape index (κ3) is 8.59. The number of carbonyl (C=O) groups is 2. The van der Waals surface area contributed by atoms with Crippen LogP contribution >= 0.6 is 0 Å². The van der Waals surface area contributed by atoms with E-state index < -0.39 is 5.41 Å². The van der Waals surface area contributed by atoms with Crippen LogP contribution in [0.1, 0.15) is 52.9 Å². The highest BCUT2D eigenvalue weighted by atomic mass is 16.6. The Hall–Kier alpha value is -1.10. The van der Waals surface area contributed by atoms with Gasteiger partial charge in [0.2, 0.25) is 0 Å². The van der Waals surface area contributed by atoms with Gasteiger partial charge in [-0.3, -0.25) is 15.3 Å². The summed E-state index contributed by atoms with van der Waals surface area (Å²) >= 11 is 0. The third-order valence-electron chi connectivity index (χ3n) is 3.07. The number of hydrogen-bond acceptors (Lipinski definition) is 4. The lowest BCUT2D eigenvalue weighted by Crippen LogP contribution is -2.27. The molecule has 1 N–H and O–H groups in total. The van der Waals surface area contributed by atoms with Gasteiger partial charge in [0.05, 0.1) is 5.41 Å². The van der Waals surface area contributed by atoms with Crippen molar-refractivity contribution in [1.29, 1.82) is 0 Å². The molecule has 5 heteroatoms. The van der Waals surface area contributed by atoms with Gasteiger partial charge in [0.1, 0.15) is 13.2 Å². The zero-order chi connectivity index (χ0) is 14.7. The number of nitrogens with one attached hydrogen (secondary N) is 1. The van der Waals surface area contributed by atoms with Gasteiger partial charge >= 0.3 is 11.9 Å². The number of rotatable bonds is 10. The normalized spacial score (nSPS) is 11.2. The van der Waals surface area contributed by atoms with Crippen LogP contribution in [0.15, 0.2) is 0 Å². The van der Waals surface area contributed by atoms with Crippen LogP contribution in [0, 0.1) is 5.41 Å². The number of ether oxygens (including phenoxy) is 2. The minimum Gasteiger partial charge on any atom is -0.462 e. The van der Waals surface area contributed by atoms with E-state index in [1.54, 1.807) is 0 Å². The monoisotopic (exact) mass is 272 g/mol. The Morgan fingerprint density at radius 1 is 1.05 bits per heavy atom. The van der Waals surface area contributed by atoms with E-state index in [2.05, 4.69) is 0 Å². The average Bonchev–Trinajstić information content (AvgIpc) is 2.39. The van der Waals surface area contributed by atoms with Crippen LogP contribution in [0.25, 0.3) is 0 Å². The molecule has 0 aliphatic heterocycles. The summed E-state index contributed by atoms with van der Waals surface area (Å²) in [6.45, 7) is 6.21. The summed E-state index contributed by atoms with van der Waals surface area (Å²) < 4.78 is 10.0. The van der Waals surface area contributed by atoms with Crippen LogP contribution < -0.4 is 5.73 Å². The van der Waals surface area contributed by atoms with Gasteiger partial charge in [0.15, 0.2) is 0 Å². The Morgan fingerprint density at radius 2 is 1.68 bits per heavy atom. The molecule has 1 radical (unpaired) electrons. The van der Waals surface area contributed by atoms with Gasteiger partial charge in [-0.2, -0.15) is 0 Å². The van der Waals surface area contributed by atoms with Gasteiger partial charge in [0.25, 0.3) is 0 Å². The lowest BCUT2D eigenvalue weighted by molar-refractivity contribution is -0.159. The maximum Gasteiger partial charge on any atom is 0.311 e. The van der Waals surface area contributed by atoms with Crippen molar-refractivity contribution in [2.75, 3.05) is 19.8 Å². The SMILES string of the molecule is CCC(C)(C)C(=O)OCCOC(=O)CCCCC[NH]. The summed E-state index contributed by atoms with van der Waals surface area (Å²) in [4.78, 5) is 22.9. The van der Waals surface area contributed by atoms with E-state index in [1.807, 2.05) is 20.8 Å². The molecule has 0 saturated heterocycles. The molecule has 0 aromatic carbocycles. The fourth-order valence-electron chi connectivity index (χ4n) is 1.27. The van der Waals surface area contributed by atoms with E-state index in [0.717, 1.165) is 19.3 Å². The molecule has 0 aromatic rings. The van der Waals surface area contributed by atoms with E-state index in [-0.39, 0.29) is 25.2 Å². The summed E-state index contributed by atoms with van der Waals surface area (Å²) in [6, 6.07) is 0. The molecule has 0 rings (SSSR count). The Bertz CT molecular complexity index is 277. The van der Waals surface area contributed by atoms with Crippen molar-refractivity contribution in [1.82, 2.24) is 5.73 Å². The summed E-state index contributed by atoms with van der Waals surface area (Å²) in [5, 5.41) is 0. The number of esters is 2. The predicted molar refractivity (Wildman–Crippen MR) is 72.4 cm³/mol. The molecule has 0 spiro atoms. The van der Waals surface area contributed by atoms with Crippen LogP contribution in [0.4, 0.5) is 0 Å². The Balaban J connectivity index is 3.58. The molecule has 0 fully saturated rings. The van der Waals surface area contributed by atoms with Crippen molar-refractivity contribution in [3.63, 3.8) is 0 Å². The second kappa shape index (κ2) is 9.78. The molecule has 0 aliphatic rings. The topological polar surface area (TPSA) is 76.4 Å². The maximum absolute atomic E-state index is 11.6. The van der Waals surface area contributed by atoms with Crippen LogP contribution in [0.5, 0.6) is 0 Å². The van der Waals surface area contributed by atoms with Crippen molar-refractivity contribution in [3.8, 4) is 0 Å². The smallest absolute Gasteiger partial charge is 0.311 e. The van der Waals surface area contributed by atoms with Crippen LogP contribution in [0.2, 0.25) is 0 Å². The maximum atomic E-state index is 11.6. The minimum absolute atomic E-state index is 0.112. The zero-order valence-electron chi connectivity index (χ0n) is 12.3. The molecule has 5 nitrogen and oxygen atoms in total. The molecule has 0 aliphatic carbocycles. The van der Waals surface area contributed by atoms with Gasteiger partial charge in [-0.15, -0.1) is 0 Å². The first-order valence-electron chi connectivity index (χ1n) is 6.91. The van der Waals surface area contributed by atoms with E-state index in [4.69, 9.17) is 15.2 Å². The van der Waals surface area contributed by atoms with Gasteiger partial charge in [-0.1, -0.05) is 13.3 Å². The van der Waals surface area contributed by atoms with Crippen molar-refractivity contribution in [2.45, 2.75) is 52.9 Å². The molecule has 0 aromatic heterocycles. The lowest BCUT2D eigenvalue weighted by atomic mass is 9.91. The molecule has 0 unspecified atom stereocenters. The Morgan fingerprint density at radius 3 is 2.26 bits per heavy atom. The molecular formula is C14H26NO4. The first-order valence-corrected chi connectivity index (χ1v) is 6.91. The highest BCUT2D eigenvalue weighted by Gasteiger charge is 2.26. The Labute approximate surface area is 115 Å². The van der Waals surface area contributed by atoms with Crippen LogP contribution in [0.3, 0.4) is 0 Å². The van der Waals surface area contributed by atoms with Crippen molar-refractivity contribution in [2.24, 2.45) is 5.41 Å². The Kier molecular flexibility index (Phi) is 9.21. The molecule has 0 saturated carbocycles. The predicted octanol–water partition coefficient (Wildman–Crippen LogP) is 2.35. The van der Waals surface area contributed by atoms with E-state index >= 15 is 0 Å². The average molecular weight is 272 g/mol. The van der Waals surface area contributed by atoms with Gasteiger partial charge in [-0.25, -0.2) is 0 Å². The summed E-state index contributed by atoms with van der Waals surface area (Å²) in [6.07, 6.45) is 3.52. The summed E-state index contributed by atoms with van der Waals surface area (Å²) in [5.41, 5.74) is 6.48. The molecule has 0 bridgehead atoms. The molecule has 0 heterocycles. The molecular weight excluding hydrogens is 246 g/mol. The standard InChI is InChI=1S/C14H26NO4/c1-4-14(2,3)13(17)19-11-10-18-12(16)8-6-5-7-9-15/h15H,4-11H2,1-3H3. The summed E-state index contributed by atoms with van der Waals surface area (Å²) in [7, 11) is 0. The fraction of sp³-hybridized carbons (Fsp3) is 0.857. The lowest BCUT2D eigenvalue weighted by Gasteiger charge is -2.20. The van der Waals surface area contributed by atoms with Crippen molar-refractivity contribution in [3.05, 3.63) is 0 Å². The fourth-order valence-corrected chi connectivity index (χ4v) is 1.27. The van der Waals surface area contributed by atoms with Gasteiger partial charge in [0, 0.05) is 13.0 Å². The van der Waals surface area contributed by atoms with E-state index in [1.165, 1.54) is 0 Å².